The highest BCUT2D eigenvalue weighted by atomic mass is 32.1. The summed E-state index contributed by atoms with van der Waals surface area (Å²) in [6.07, 6.45) is 6.99. The standard InChI is InChI=1S/C22H26N8O2S/c1-14-26-17(11-33-14)18-4-8-32-30(18)21(31)15-3-7-29(12-22(15)5-6-22)20-9-16(23-13-24-20)19-10-25-27-28(19)2/h9-11,13,15,18H,3-8,12H2,1-2H3/t15-,18-/m0/s1. The van der Waals surface area contributed by atoms with Gasteiger partial charge in [0.15, 0.2) is 0 Å². The molecule has 5 heterocycles. The number of amides is 1. The average molecular weight is 467 g/mol. The Morgan fingerprint density at radius 1 is 1.27 bits per heavy atom. The van der Waals surface area contributed by atoms with Crippen molar-refractivity contribution in [1.29, 1.82) is 0 Å². The number of rotatable bonds is 4. The van der Waals surface area contributed by atoms with Crippen molar-refractivity contribution >= 4 is 23.1 Å². The largest absolute Gasteiger partial charge is 0.356 e. The molecule has 2 aliphatic heterocycles. The van der Waals surface area contributed by atoms with Crippen molar-refractivity contribution in [3.05, 3.63) is 34.7 Å². The number of hydroxylamine groups is 2. The van der Waals surface area contributed by atoms with Gasteiger partial charge < -0.3 is 4.90 Å². The molecule has 2 atom stereocenters. The molecule has 3 aliphatic rings. The summed E-state index contributed by atoms with van der Waals surface area (Å²) >= 11 is 1.62. The van der Waals surface area contributed by atoms with Gasteiger partial charge in [-0.25, -0.2) is 24.7 Å². The molecule has 172 valence electrons. The third-order valence-corrected chi connectivity index (χ3v) is 7.97. The molecule has 33 heavy (non-hydrogen) atoms. The van der Waals surface area contributed by atoms with Crippen LogP contribution in [0.5, 0.6) is 0 Å². The Morgan fingerprint density at radius 3 is 2.88 bits per heavy atom. The smallest absolute Gasteiger partial charge is 0.250 e. The van der Waals surface area contributed by atoms with Gasteiger partial charge in [0.2, 0.25) is 0 Å². The van der Waals surface area contributed by atoms with E-state index in [1.807, 2.05) is 20.0 Å². The number of carbonyl (C=O) groups excluding carboxylic acids is 1. The molecule has 1 spiro atoms. The van der Waals surface area contributed by atoms with Crippen LogP contribution < -0.4 is 4.90 Å². The summed E-state index contributed by atoms with van der Waals surface area (Å²) in [7, 11) is 1.85. The summed E-state index contributed by atoms with van der Waals surface area (Å²) in [6.45, 7) is 4.14. The minimum atomic E-state index is -0.0757. The van der Waals surface area contributed by atoms with Crippen LogP contribution in [0.2, 0.25) is 0 Å². The molecule has 1 saturated carbocycles. The second-order valence-corrected chi connectivity index (χ2v) is 10.3. The van der Waals surface area contributed by atoms with Crippen molar-refractivity contribution < 1.29 is 9.63 Å². The van der Waals surface area contributed by atoms with Crippen LogP contribution in [0.1, 0.15) is 42.4 Å². The van der Waals surface area contributed by atoms with Crippen LogP contribution in [-0.4, -0.2) is 60.6 Å². The molecule has 0 N–H and O–H groups in total. The van der Waals surface area contributed by atoms with Crippen LogP contribution in [-0.2, 0) is 16.7 Å². The minimum Gasteiger partial charge on any atom is -0.356 e. The molecule has 0 unspecified atom stereocenters. The molecule has 3 fully saturated rings. The van der Waals surface area contributed by atoms with Crippen molar-refractivity contribution in [2.75, 3.05) is 24.6 Å². The van der Waals surface area contributed by atoms with E-state index < -0.39 is 0 Å². The molecular formula is C22H26N8O2S. The maximum Gasteiger partial charge on any atom is 0.250 e. The lowest BCUT2D eigenvalue weighted by Gasteiger charge is -2.40. The lowest BCUT2D eigenvalue weighted by molar-refractivity contribution is -0.185. The van der Waals surface area contributed by atoms with Gasteiger partial charge in [-0.05, 0) is 31.6 Å². The number of aryl methyl sites for hydroxylation is 2. The van der Waals surface area contributed by atoms with Crippen LogP contribution in [0.15, 0.2) is 24.0 Å². The second-order valence-electron chi connectivity index (χ2n) is 9.22. The molecule has 0 aromatic carbocycles. The summed E-state index contributed by atoms with van der Waals surface area (Å²) in [6, 6.07) is 1.91. The van der Waals surface area contributed by atoms with Gasteiger partial charge in [-0.15, -0.1) is 16.4 Å². The maximum atomic E-state index is 13.7. The Bertz CT molecular complexity index is 1190. The highest BCUT2D eigenvalue weighted by molar-refractivity contribution is 7.09. The van der Waals surface area contributed by atoms with Gasteiger partial charge in [0.1, 0.15) is 23.9 Å². The van der Waals surface area contributed by atoms with E-state index in [0.717, 1.165) is 66.7 Å². The fourth-order valence-electron chi connectivity index (χ4n) is 5.23. The number of hydrogen-bond donors (Lipinski definition) is 0. The lowest BCUT2D eigenvalue weighted by atomic mass is 9.81. The molecule has 0 radical (unpaired) electrons. The number of piperidine rings is 1. The molecule has 1 aliphatic carbocycles. The third kappa shape index (κ3) is 3.59. The average Bonchev–Trinajstić information content (AvgIpc) is 3.22. The SMILES string of the molecule is Cc1nc([C@@H]2CCON2C(=O)[C@@H]2CCN(c3cc(-c4cnnn4C)ncn3)CC23CC3)cs1. The Labute approximate surface area is 195 Å². The van der Waals surface area contributed by atoms with Gasteiger partial charge in [-0.3, -0.25) is 9.63 Å². The second kappa shape index (κ2) is 7.84. The van der Waals surface area contributed by atoms with Crippen LogP contribution in [0, 0.1) is 18.3 Å². The predicted octanol–water partition coefficient (Wildman–Crippen LogP) is 2.55. The van der Waals surface area contributed by atoms with Gasteiger partial charge >= 0.3 is 0 Å². The number of anilines is 1. The normalized spacial score (nSPS) is 23.9. The van der Waals surface area contributed by atoms with E-state index >= 15 is 0 Å². The van der Waals surface area contributed by atoms with Crippen molar-refractivity contribution in [2.45, 2.75) is 38.6 Å². The molecule has 6 rings (SSSR count). The molecular weight excluding hydrogens is 440 g/mol. The summed E-state index contributed by atoms with van der Waals surface area (Å²) in [5.41, 5.74) is 2.58. The zero-order valence-electron chi connectivity index (χ0n) is 18.7. The Hall–Kier alpha value is -2.92. The monoisotopic (exact) mass is 466 g/mol. The predicted molar refractivity (Wildman–Crippen MR) is 121 cm³/mol. The Balaban J connectivity index is 1.20. The van der Waals surface area contributed by atoms with Crippen LogP contribution in [0.3, 0.4) is 0 Å². The van der Waals surface area contributed by atoms with Crippen molar-refractivity contribution in [3.8, 4) is 11.4 Å². The first-order chi connectivity index (χ1) is 16.0. The first-order valence-electron chi connectivity index (χ1n) is 11.3. The summed E-state index contributed by atoms with van der Waals surface area (Å²) < 4.78 is 1.70. The minimum absolute atomic E-state index is 0.0109. The molecule has 2 saturated heterocycles. The fourth-order valence-corrected chi connectivity index (χ4v) is 5.89. The molecule has 10 nitrogen and oxygen atoms in total. The van der Waals surface area contributed by atoms with Gasteiger partial charge in [-0.1, -0.05) is 5.21 Å². The topological polar surface area (TPSA) is 102 Å². The maximum absolute atomic E-state index is 13.7. The summed E-state index contributed by atoms with van der Waals surface area (Å²) in [5, 5.41) is 12.6. The van der Waals surface area contributed by atoms with Crippen molar-refractivity contribution in [3.63, 3.8) is 0 Å². The summed E-state index contributed by atoms with van der Waals surface area (Å²) in [4.78, 5) is 35.3. The van der Waals surface area contributed by atoms with Crippen molar-refractivity contribution in [1.82, 2.24) is 35.0 Å². The first kappa shape index (κ1) is 20.7. The number of hydrogen-bond acceptors (Lipinski definition) is 9. The van der Waals surface area contributed by atoms with Gasteiger partial charge in [0.05, 0.1) is 29.2 Å². The van der Waals surface area contributed by atoms with Crippen LogP contribution in [0.4, 0.5) is 5.82 Å². The molecule has 1 amide bonds. The Kier molecular flexibility index (Phi) is 4.91. The highest BCUT2D eigenvalue weighted by Crippen LogP contribution is 2.57. The molecule has 11 heteroatoms. The highest BCUT2D eigenvalue weighted by Gasteiger charge is 2.57. The van der Waals surface area contributed by atoms with Gasteiger partial charge in [0.25, 0.3) is 5.91 Å². The van der Waals surface area contributed by atoms with E-state index in [4.69, 9.17) is 4.84 Å². The van der Waals surface area contributed by atoms with E-state index in [-0.39, 0.29) is 23.3 Å². The van der Waals surface area contributed by atoms with E-state index in [9.17, 15) is 4.79 Å². The lowest BCUT2D eigenvalue weighted by Crippen LogP contribution is -2.49. The van der Waals surface area contributed by atoms with Gasteiger partial charge in [0, 0.05) is 43.9 Å². The molecule has 0 bridgehead atoms. The fraction of sp³-hybridized carbons (Fsp3) is 0.545. The molecule has 3 aromatic rings. The van der Waals surface area contributed by atoms with Gasteiger partial charge in [-0.2, -0.15) is 0 Å². The van der Waals surface area contributed by atoms with E-state index in [1.165, 1.54) is 0 Å². The zero-order chi connectivity index (χ0) is 22.6. The number of nitrogens with zero attached hydrogens (tertiary/aromatic N) is 8. The van der Waals surface area contributed by atoms with Crippen LogP contribution >= 0.6 is 11.3 Å². The summed E-state index contributed by atoms with van der Waals surface area (Å²) in [5.74, 6) is 0.966. The van der Waals surface area contributed by atoms with Crippen molar-refractivity contribution in [2.24, 2.45) is 18.4 Å². The number of aromatic nitrogens is 6. The number of carbonyl (C=O) groups is 1. The van der Waals surface area contributed by atoms with Crippen LogP contribution in [0.25, 0.3) is 11.4 Å². The van der Waals surface area contributed by atoms with E-state index in [2.05, 4.69) is 35.5 Å². The van der Waals surface area contributed by atoms with E-state index in [1.54, 1.807) is 33.6 Å². The van der Waals surface area contributed by atoms with E-state index in [0.29, 0.717) is 6.61 Å². The molecule has 3 aromatic heterocycles. The quantitative estimate of drug-likeness (QED) is 0.578. The first-order valence-corrected chi connectivity index (χ1v) is 12.2. The Morgan fingerprint density at radius 2 is 2.15 bits per heavy atom. The zero-order valence-corrected chi connectivity index (χ0v) is 19.5. The third-order valence-electron chi connectivity index (χ3n) is 7.18. The number of thiazole rings is 1.